The van der Waals surface area contributed by atoms with Crippen LogP contribution < -0.4 is 9.80 Å². The second kappa shape index (κ2) is 19.6. The molecule has 0 bridgehead atoms. The molecule has 0 aliphatic heterocycles. The third-order valence-corrected chi connectivity index (χ3v) is 12.7. The summed E-state index contributed by atoms with van der Waals surface area (Å²) in [6.07, 6.45) is 7.90. The van der Waals surface area contributed by atoms with Crippen molar-refractivity contribution < 1.29 is 0 Å². The lowest BCUT2D eigenvalue weighted by Gasteiger charge is -2.33. The zero-order valence-corrected chi connectivity index (χ0v) is 38.4. The smallest absolute Gasteiger partial charge is 0.0649 e. The maximum absolute atomic E-state index is 7.55. The van der Waals surface area contributed by atoms with Crippen LogP contribution in [0.5, 0.6) is 0 Å². The molecular weight excluding hydrogens is 860 g/mol. The number of hydrogen-bond donors (Lipinski definition) is 0. The topological polar surface area (TPSA) is 32.3 Å². The van der Waals surface area contributed by atoms with E-state index in [4.69, 9.17) is 21.6 Å². The highest BCUT2D eigenvalue weighted by Crippen LogP contribution is 2.51. The highest BCUT2D eigenvalue weighted by atomic mass is 35.5. The van der Waals surface area contributed by atoms with Crippen LogP contribution in [0.4, 0.5) is 34.1 Å². The van der Waals surface area contributed by atoms with Crippen LogP contribution in [0.1, 0.15) is 0 Å². The van der Waals surface area contributed by atoms with Crippen LogP contribution in [0.2, 0.25) is 5.02 Å². The summed E-state index contributed by atoms with van der Waals surface area (Å²) in [5.74, 6) is 0. The van der Waals surface area contributed by atoms with E-state index in [1.807, 2.05) is 24.8 Å². The zero-order chi connectivity index (χ0) is 46.4. The van der Waals surface area contributed by atoms with Gasteiger partial charge in [-0.1, -0.05) is 218 Å². The number of rotatable bonds is 12. The Labute approximate surface area is 408 Å². The van der Waals surface area contributed by atoms with Crippen molar-refractivity contribution in [3.05, 3.63) is 279 Å². The van der Waals surface area contributed by atoms with Gasteiger partial charge in [-0.15, -0.1) is 0 Å². The van der Waals surface area contributed by atoms with Crippen molar-refractivity contribution in [2.75, 3.05) is 9.80 Å². The number of benzene rings is 9. The van der Waals surface area contributed by atoms with Gasteiger partial charge in [0.25, 0.3) is 0 Å². The molecule has 0 unspecified atom stereocenters. The molecule has 2 heterocycles. The van der Waals surface area contributed by atoms with E-state index in [-0.39, 0.29) is 0 Å². The molecule has 0 saturated carbocycles. The number of hydrogen-bond acceptors (Lipinski definition) is 4. The number of halogens is 1. The van der Waals surface area contributed by atoms with E-state index in [0.29, 0.717) is 5.02 Å². The standard InChI is InChI=1S/C64H45ClN4/c65-54-39-57(68(55-35-31-48(32-36-55)46-19-7-1-8-20-46)63-59(50-23-11-3-12-24-50)42-66-43-60(63)51-25-13-4-14-26-51)41-58(40-54)69(56-37-33-49(34-38-56)47-21-9-2-10-22-47)64-61(52-27-15-5-16-28-52)44-67-45-62(64)53-29-17-6-18-30-53/h1-45H. The summed E-state index contributed by atoms with van der Waals surface area (Å²) in [4.78, 5) is 14.5. The van der Waals surface area contributed by atoms with Crippen LogP contribution in [0.3, 0.4) is 0 Å². The average Bonchev–Trinajstić information content (AvgIpc) is 3.43. The normalized spacial score (nSPS) is 11.0. The van der Waals surface area contributed by atoms with Gasteiger partial charge in [-0.2, -0.15) is 0 Å². The van der Waals surface area contributed by atoms with E-state index in [2.05, 4.69) is 259 Å². The van der Waals surface area contributed by atoms with Crippen LogP contribution in [0.15, 0.2) is 274 Å². The molecule has 0 atom stereocenters. The Bertz CT molecular complexity index is 3120. The van der Waals surface area contributed by atoms with Gasteiger partial charge in [0.1, 0.15) is 0 Å². The number of anilines is 6. The van der Waals surface area contributed by atoms with E-state index in [0.717, 1.165) is 101 Å². The van der Waals surface area contributed by atoms with E-state index < -0.39 is 0 Å². The minimum absolute atomic E-state index is 0.576. The van der Waals surface area contributed by atoms with Crippen LogP contribution in [-0.2, 0) is 0 Å². The summed E-state index contributed by atoms with van der Waals surface area (Å²) in [7, 11) is 0. The van der Waals surface area contributed by atoms with E-state index in [1.54, 1.807) is 0 Å². The summed E-state index contributed by atoms with van der Waals surface area (Å²) >= 11 is 7.55. The first-order chi connectivity index (χ1) is 34.2. The Morgan fingerprint density at radius 2 is 0.493 bits per heavy atom. The molecule has 2 aromatic heterocycles. The summed E-state index contributed by atoms with van der Waals surface area (Å²) in [5, 5.41) is 0.576. The summed E-state index contributed by atoms with van der Waals surface area (Å²) in [6, 6.07) is 87.0. The molecule has 11 aromatic rings. The molecule has 9 aromatic carbocycles. The van der Waals surface area contributed by atoms with Crippen LogP contribution in [-0.4, -0.2) is 9.97 Å². The molecule has 0 fully saturated rings. The maximum atomic E-state index is 7.55. The first-order valence-corrected chi connectivity index (χ1v) is 23.4. The monoisotopic (exact) mass is 904 g/mol. The molecule has 0 amide bonds. The fourth-order valence-electron chi connectivity index (χ4n) is 9.20. The van der Waals surface area contributed by atoms with Crippen molar-refractivity contribution >= 4 is 45.7 Å². The molecule has 69 heavy (non-hydrogen) atoms. The Kier molecular flexibility index (Phi) is 12.1. The third-order valence-electron chi connectivity index (χ3n) is 12.5. The molecule has 0 spiro atoms. The number of nitrogens with zero attached hydrogens (tertiary/aromatic N) is 4. The molecule has 5 heteroatoms. The van der Waals surface area contributed by atoms with E-state index in [1.165, 1.54) is 0 Å². The maximum Gasteiger partial charge on any atom is 0.0649 e. The first-order valence-electron chi connectivity index (χ1n) is 23.1. The average molecular weight is 906 g/mol. The summed E-state index contributed by atoms with van der Waals surface area (Å²) in [5.41, 5.74) is 18.2. The Morgan fingerprint density at radius 1 is 0.246 bits per heavy atom. The Morgan fingerprint density at radius 3 is 0.768 bits per heavy atom. The van der Waals surface area contributed by atoms with Crippen molar-refractivity contribution in [3.63, 3.8) is 0 Å². The molecule has 0 aliphatic carbocycles. The van der Waals surface area contributed by atoms with Gasteiger partial charge in [0.05, 0.1) is 11.4 Å². The minimum atomic E-state index is 0.576. The number of pyridine rings is 2. The quantitative estimate of drug-likeness (QED) is 0.122. The predicted octanol–water partition coefficient (Wildman–Crippen LogP) is 18.1. The van der Waals surface area contributed by atoms with Crippen molar-refractivity contribution in [3.8, 4) is 66.8 Å². The van der Waals surface area contributed by atoms with Crippen molar-refractivity contribution in [2.24, 2.45) is 0 Å². The largest absolute Gasteiger partial charge is 0.309 e. The molecule has 0 N–H and O–H groups in total. The van der Waals surface area contributed by atoms with Crippen molar-refractivity contribution in [1.82, 2.24) is 9.97 Å². The van der Waals surface area contributed by atoms with Gasteiger partial charge in [0.2, 0.25) is 0 Å². The molecule has 0 saturated heterocycles. The van der Waals surface area contributed by atoms with E-state index >= 15 is 0 Å². The van der Waals surface area contributed by atoms with Gasteiger partial charge in [-0.05, 0) is 87.0 Å². The highest BCUT2D eigenvalue weighted by molar-refractivity contribution is 6.31. The lowest BCUT2D eigenvalue weighted by Crippen LogP contribution is -2.16. The lowest BCUT2D eigenvalue weighted by atomic mass is 9.96. The molecule has 11 rings (SSSR count). The van der Waals surface area contributed by atoms with Crippen LogP contribution >= 0.6 is 11.6 Å². The third kappa shape index (κ3) is 8.93. The minimum Gasteiger partial charge on any atom is -0.309 e. The molecule has 0 radical (unpaired) electrons. The predicted molar refractivity (Wildman–Crippen MR) is 289 cm³/mol. The molecule has 328 valence electrons. The van der Waals surface area contributed by atoms with Gasteiger partial charge < -0.3 is 9.80 Å². The SMILES string of the molecule is Clc1cc(N(c2ccc(-c3ccccc3)cc2)c2c(-c3ccccc3)cncc2-c2ccccc2)cc(N(c2ccc(-c3ccccc3)cc2)c2c(-c3ccccc3)cncc2-c2ccccc2)c1. The summed E-state index contributed by atoms with van der Waals surface area (Å²) in [6.45, 7) is 0. The molecular formula is C64H45ClN4. The molecule has 4 nitrogen and oxygen atoms in total. The fraction of sp³-hybridized carbons (Fsp3) is 0. The van der Waals surface area contributed by atoms with Gasteiger partial charge in [-0.3, -0.25) is 9.97 Å². The van der Waals surface area contributed by atoms with Crippen molar-refractivity contribution in [2.45, 2.75) is 0 Å². The summed E-state index contributed by atoms with van der Waals surface area (Å²) < 4.78 is 0. The fourth-order valence-corrected chi connectivity index (χ4v) is 9.43. The van der Waals surface area contributed by atoms with Gasteiger partial charge in [0.15, 0.2) is 0 Å². The highest BCUT2D eigenvalue weighted by Gasteiger charge is 2.27. The molecule has 0 aliphatic rings. The van der Waals surface area contributed by atoms with Crippen molar-refractivity contribution in [1.29, 1.82) is 0 Å². The van der Waals surface area contributed by atoms with Crippen LogP contribution in [0, 0.1) is 0 Å². The van der Waals surface area contributed by atoms with Gasteiger partial charge in [-0.25, -0.2) is 0 Å². The van der Waals surface area contributed by atoms with Gasteiger partial charge in [0, 0.05) is 74.8 Å². The Hall–Kier alpha value is -8.83. The van der Waals surface area contributed by atoms with Crippen LogP contribution in [0.25, 0.3) is 66.8 Å². The second-order valence-corrected chi connectivity index (χ2v) is 17.2. The number of aromatic nitrogens is 2. The van der Waals surface area contributed by atoms with Gasteiger partial charge >= 0.3 is 0 Å². The Balaban J connectivity index is 1.19. The zero-order valence-electron chi connectivity index (χ0n) is 37.6. The van der Waals surface area contributed by atoms with E-state index in [9.17, 15) is 0 Å². The first kappa shape index (κ1) is 42.8. The second-order valence-electron chi connectivity index (χ2n) is 16.8. The lowest BCUT2D eigenvalue weighted by molar-refractivity contribution is 1.22.